The van der Waals surface area contributed by atoms with Gasteiger partial charge in [0, 0.05) is 6.42 Å². The summed E-state index contributed by atoms with van der Waals surface area (Å²) in [6, 6.07) is 0. The van der Waals surface area contributed by atoms with Crippen LogP contribution in [-0.4, -0.2) is 34.5 Å². The normalized spacial score (nSPS) is 17.6. The van der Waals surface area contributed by atoms with Crippen molar-refractivity contribution in [1.82, 2.24) is 0 Å². The van der Waals surface area contributed by atoms with E-state index < -0.39 is 0 Å². The van der Waals surface area contributed by atoms with Crippen molar-refractivity contribution in [3.63, 3.8) is 0 Å². The maximum atomic E-state index is 2.73. The molecule has 1 atom stereocenters. The summed E-state index contributed by atoms with van der Waals surface area (Å²) in [6.07, 6.45) is 38.7. The van der Waals surface area contributed by atoms with Gasteiger partial charge >= 0.3 is 5.84 Å². The Kier molecular flexibility index (Phi) is 21.8. The summed E-state index contributed by atoms with van der Waals surface area (Å²) in [7, 11) is 0. The molecule has 0 fully saturated rings. The first-order valence-electron chi connectivity index (χ1n) is 16.9. The summed E-state index contributed by atoms with van der Waals surface area (Å²) in [5, 5.41) is 0. The zero-order chi connectivity index (χ0) is 26.2. The molecule has 1 rings (SSSR count). The van der Waals surface area contributed by atoms with E-state index in [1.807, 2.05) is 0 Å². The van der Waals surface area contributed by atoms with E-state index in [2.05, 4.69) is 44.7 Å². The first-order valence-corrected chi connectivity index (χ1v) is 16.9. The van der Waals surface area contributed by atoms with E-state index in [0.29, 0.717) is 0 Å². The van der Waals surface area contributed by atoms with Gasteiger partial charge in [-0.25, -0.2) is 4.48 Å². The predicted octanol–water partition coefficient (Wildman–Crippen LogP) is 11.1. The molecule has 0 radical (unpaired) electrons. The van der Waals surface area contributed by atoms with Crippen LogP contribution in [0.4, 0.5) is 0 Å². The summed E-state index contributed by atoms with van der Waals surface area (Å²) in [5.74, 6) is 1.77. The molecular weight excluding hydrogens is 436 g/mol. The van der Waals surface area contributed by atoms with Gasteiger partial charge < -0.3 is 0 Å². The molecule has 0 spiro atoms. The van der Waals surface area contributed by atoms with Crippen LogP contribution in [-0.2, 0) is 0 Å². The van der Waals surface area contributed by atoms with Gasteiger partial charge in [0.15, 0.2) is 12.7 Å². The van der Waals surface area contributed by atoms with Gasteiger partial charge in [-0.3, -0.25) is 0 Å². The molecule has 0 N–H and O–H groups in total. The van der Waals surface area contributed by atoms with E-state index in [9.17, 15) is 0 Å². The van der Waals surface area contributed by atoms with Gasteiger partial charge in [-0.05, 0) is 38.5 Å². The van der Waals surface area contributed by atoms with Crippen molar-refractivity contribution < 1.29 is 9.06 Å². The van der Waals surface area contributed by atoms with Crippen molar-refractivity contribution >= 4 is 5.84 Å². The lowest BCUT2D eigenvalue weighted by molar-refractivity contribution is -0.801. The van der Waals surface area contributed by atoms with Crippen molar-refractivity contribution in [3.05, 3.63) is 12.4 Å². The van der Waals surface area contributed by atoms with Crippen molar-refractivity contribution in [2.75, 3.05) is 19.6 Å². The largest absolute Gasteiger partial charge is 0.348 e. The smallest absolute Gasteiger partial charge is 0.209 e. The Labute approximate surface area is 228 Å². The summed E-state index contributed by atoms with van der Waals surface area (Å²) in [5.41, 5.74) is 0. The van der Waals surface area contributed by atoms with Gasteiger partial charge in [-0.15, -0.1) is 0 Å². The van der Waals surface area contributed by atoms with Crippen LogP contribution in [0.3, 0.4) is 0 Å². The molecule has 0 aromatic rings. The van der Waals surface area contributed by atoms with Crippen LogP contribution in [0.15, 0.2) is 12.4 Å². The van der Waals surface area contributed by atoms with Gasteiger partial charge in [0.2, 0.25) is 6.20 Å². The van der Waals surface area contributed by atoms with E-state index in [1.165, 1.54) is 178 Å². The molecule has 0 saturated heterocycles. The number of quaternary nitrogens is 1. The lowest BCUT2D eigenvalue weighted by Gasteiger charge is -2.29. The standard InChI is InChI=1S/C34H68N2/c1-5-9-13-17-20-24-28-34-35(29-25-21-18-14-10-6-2)30-33-36(34,31-26-22-16-12-8-4)32-27-23-19-15-11-7-3/h30,33H,5-29,31-32H2,1-4H3/q+2. The van der Waals surface area contributed by atoms with E-state index in [0.717, 1.165) is 0 Å². The van der Waals surface area contributed by atoms with Gasteiger partial charge in [0.25, 0.3) is 0 Å². The SMILES string of the molecule is CCCCCCCCC1=[N+](CCCCCCCC)C=C[N+]1(CCCCCCC)CCCCCCCC. The topological polar surface area (TPSA) is 3.01 Å². The van der Waals surface area contributed by atoms with Crippen LogP contribution in [0, 0.1) is 0 Å². The second-order valence-corrected chi connectivity index (χ2v) is 11.9. The third-order valence-corrected chi connectivity index (χ3v) is 8.46. The Bertz CT molecular complexity index is 549. The minimum absolute atomic E-state index is 1.20. The Hall–Kier alpha value is -0.630. The van der Waals surface area contributed by atoms with Crippen molar-refractivity contribution in [1.29, 1.82) is 0 Å². The quantitative estimate of drug-likeness (QED) is 0.0594. The molecule has 0 amide bonds. The molecule has 0 saturated carbocycles. The summed E-state index contributed by atoms with van der Waals surface area (Å²) >= 11 is 0. The molecule has 1 heterocycles. The molecule has 0 aromatic heterocycles. The number of rotatable bonds is 27. The van der Waals surface area contributed by atoms with E-state index in [-0.39, 0.29) is 0 Å². The number of amidine groups is 1. The zero-order valence-corrected chi connectivity index (χ0v) is 25.6. The number of nitrogens with zero attached hydrogens (tertiary/aromatic N) is 2. The van der Waals surface area contributed by atoms with E-state index in [4.69, 9.17) is 0 Å². The highest BCUT2D eigenvalue weighted by molar-refractivity contribution is 5.72. The first kappa shape index (κ1) is 33.4. The predicted molar refractivity (Wildman–Crippen MR) is 163 cm³/mol. The Morgan fingerprint density at radius 3 is 1.33 bits per heavy atom. The zero-order valence-electron chi connectivity index (χ0n) is 25.6. The van der Waals surface area contributed by atoms with Crippen LogP contribution in [0.25, 0.3) is 0 Å². The fourth-order valence-corrected chi connectivity index (χ4v) is 6.02. The molecule has 212 valence electrons. The highest BCUT2D eigenvalue weighted by Gasteiger charge is 2.42. The Balaban J connectivity index is 2.82. The molecule has 0 aromatic carbocycles. The molecule has 1 unspecified atom stereocenters. The second-order valence-electron chi connectivity index (χ2n) is 11.9. The molecule has 1 aliphatic rings. The number of unbranched alkanes of at least 4 members (excludes halogenated alkanes) is 19. The summed E-state index contributed by atoms with van der Waals surface area (Å²) in [4.78, 5) is 0. The lowest BCUT2D eigenvalue weighted by Crippen LogP contribution is -2.50. The third kappa shape index (κ3) is 14.9. The first-order chi connectivity index (χ1) is 17.7. The van der Waals surface area contributed by atoms with Gasteiger partial charge in [0.1, 0.15) is 0 Å². The van der Waals surface area contributed by atoms with Crippen LogP contribution in [0.1, 0.15) is 182 Å². The summed E-state index contributed by atoms with van der Waals surface area (Å²) < 4.78 is 3.93. The van der Waals surface area contributed by atoms with E-state index >= 15 is 0 Å². The van der Waals surface area contributed by atoms with Crippen molar-refractivity contribution in [2.24, 2.45) is 0 Å². The maximum Gasteiger partial charge on any atom is 0.348 e. The van der Waals surface area contributed by atoms with E-state index in [1.54, 1.807) is 5.84 Å². The number of hydrogen-bond donors (Lipinski definition) is 0. The average Bonchev–Trinajstić information content (AvgIpc) is 3.22. The number of hydrogen-bond acceptors (Lipinski definition) is 0. The molecule has 1 aliphatic heterocycles. The molecule has 0 aliphatic carbocycles. The van der Waals surface area contributed by atoms with Gasteiger partial charge in [-0.2, -0.15) is 4.58 Å². The minimum Gasteiger partial charge on any atom is -0.209 e. The Morgan fingerprint density at radius 2 is 0.861 bits per heavy atom. The van der Waals surface area contributed by atoms with Gasteiger partial charge in [0.05, 0.1) is 19.5 Å². The monoisotopic (exact) mass is 505 g/mol. The van der Waals surface area contributed by atoms with Crippen LogP contribution >= 0.6 is 0 Å². The van der Waals surface area contributed by atoms with Crippen LogP contribution in [0.2, 0.25) is 0 Å². The maximum absolute atomic E-state index is 2.73. The van der Waals surface area contributed by atoms with Gasteiger partial charge in [-0.1, -0.05) is 130 Å². The minimum atomic E-state index is 1.20. The van der Waals surface area contributed by atoms with Crippen LogP contribution < -0.4 is 0 Å². The second kappa shape index (κ2) is 23.5. The fourth-order valence-electron chi connectivity index (χ4n) is 6.02. The average molecular weight is 505 g/mol. The molecule has 2 nitrogen and oxygen atoms in total. The van der Waals surface area contributed by atoms with Crippen LogP contribution in [0.5, 0.6) is 0 Å². The summed E-state index contributed by atoms with van der Waals surface area (Å²) in [6.45, 7) is 13.2. The van der Waals surface area contributed by atoms with Crippen molar-refractivity contribution in [3.8, 4) is 0 Å². The fraction of sp³-hybridized carbons (Fsp3) is 0.912. The molecule has 2 heteroatoms. The Morgan fingerprint density at radius 1 is 0.472 bits per heavy atom. The molecular formula is C34H68N2+2. The highest BCUT2D eigenvalue weighted by Crippen LogP contribution is 2.25. The molecule has 36 heavy (non-hydrogen) atoms. The third-order valence-electron chi connectivity index (χ3n) is 8.46. The molecule has 0 bridgehead atoms. The highest BCUT2D eigenvalue weighted by atomic mass is 15.4. The lowest BCUT2D eigenvalue weighted by atomic mass is 10.1. The van der Waals surface area contributed by atoms with Crippen molar-refractivity contribution in [2.45, 2.75) is 182 Å².